The molecule has 1 saturated carbocycles. The van der Waals surface area contributed by atoms with Gasteiger partial charge in [-0.15, -0.1) is 0 Å². The van der Waals surface area contributed by atoms with E-state index in [-0.39, 0.29) is 12.0 Å². The predicted octanol–water partition coefficient (Wildman–Crippen LogP) is 1.38. The summed E-state index contributed by atoms with van der Waals surface area (Å²) in [5.74, 6) is 3.49. The fraction of sp³-hybridized carbons (Fsp3) is 0.577. The highest BCUT2D eigenvalue weighted by atomic mass is 16.5. The van der Waals surface area contributed by atoms with Gasteiger partial charge >= 0.3 is 0 Å². The zero-order valence-electron chi connectivity index (χ0n) is 22.5. The number of nitrogens with one attached hydrogen (secondary N) is 3. The number of carbonyl (C=O) groups excluding carboxylic acids is 1. The largest absolute Gasteiger partial charge is 0.380 e. The first kappa shape index (κ1) is 25.1. The number of carbonyl (C=O) groups is 1. The molecule has 40 heavy (non-hydrogen) atoms. The van der Waals surface area contributed by atoms with Crippen LogP contribution in [0.25, 0.3) is 0 Å². The second-order valence-corrected chi connectivity index (χ2v) is 11.1. The third kappa shape index (κ3) is 5.28. The van der Waals surface area contributed by atoms with Crippen molar-refractivity contribution in [2.45, 2.75) is 43.7 Å². The molecule has 1 aliphatic carbocycles. The highest BCUT2D eigenvalue weighted by Gasteiger charge is 2.40. The SMILES string of the molecule is CO[C@H]1C[C@@H](C(=O)Nc2cnccn2)N(c2nc(Nc3cc(C4CC4)n[nH]3)nc(N3CCN4CCC(C4)C3)n2)C1. The summed E-state index contributed by atoms with van der Waals surface area (Å²) in [6.45, 7) is 5.46. The van der Waals surface area contributed by atoms with Gasteiger partial charge in [0.1, 0.15) is 11.9 Å². The molecule has 3 saturated heterocycles. The van der Waals surface area contributed by atoms with Crippen LogP contribution < -0.4 is 20.4 Å². The summed E-state index contributed by atoms with van der Waals surface area (Å²) in [6.07, 6.45) is 8.52. The Morgan fingerprint density at radius 2 is 1.95 bits per heavy atom. The summed E-state index contributed by atoms with van der Waals surface area (Å²) < 4.78 is 5.68. The number of rotatable bonds is 8. The molecule has 14 heteroatoms. The molecule has 0 aromatic carbocycles. The molecule has 4 fully saturated rings. The van der Waals surface area contributed by atoms with Gasteiger partial charge in [-0.25, -0.2) is 4.98 Å². The monoisotopic (exact) mass is 546 g/mol. The van der Waals surface area contributed by atoms with Crippen molar-refractivity contribution in [1.29, 1.82) is 0 Å². The molecule has 0 radical (unpaired) electrons. The van der Waals surface area contributed by atoms with E-state index in [9.17, 15) is 4.79 Å². The molecule has 7 rings (SSSR count). The van der Waals surface area contributed by atoms with Gasteiger partial charge in [-0.3, -0.25) is 14.9 Å². The van der Waals surface area contributed by atoms with Crippen molar-refractivity contribution in [3.63, 3.8) is 0 Å². The molecule has 3 aromatic heterocycles. The highest BCUT2D eigenvalue weighted by molar-refractivity contribution is 5.96. The van der Waals surface area contributed by atoms with Crippen molar-refractivity contribution >= 4 is 35.4 Å². The summed E-state index contributed by atoms with van der Waals surface area (Å²) in [7, 11) is 1.66. The Balaban J connectivity index is 1.20. The van der Waals surface area contributed by atoms with Crippen molar-refractivity contribution in [2.24, 2.45) is 5.92 Å². The normalized spacial score (nSPS) is 26.1. The number of methoxy groups -OCH3 is 1. The molecular weight excluding hydrogens is 512 g/mol. The lowest BCUT2D eigenvalue weighted by molar-refractivity contribution is -0.117. The van der Waals surface area contributed by atoms with Crippen LogP contribution in [-0.2, 0) is 9.53 Å². The number of aromatic nitrogens is 7. The van der Waals surface area contributed by atoms with E-state index < -0.39 is 6.04 Å². The molecule has 2 bridgehead atoms. The number of hydrogen-bond acceptors (Lipinski definition) is 12. The van der Waals surface area contributed by atoms with Crippen LogP contribution in [0.5, 0.6) is 0 Å². The van der Waals surface area contributed by atoms with Crippen LogP contribution in [0.15, 0.2) is 24.7 Å². The Bertz CT molecular complexity index is 1350. The highest BCUT2D eigenvalue weighted by Crippen LogP contribution is 2.39. The summed E-state index contributed by atoms with van der Waals surface area (Å²) >= 11 is 0. The van der Waals surface area contributed by atoms with Gasteiger partial charge < -0.3 is 30.1 Å². The maximum absolute atomic E-state index is 13.4. The van der Waals surface area contributed by atoms with Crippen molar-refractivity contribution in [3.05, 3.63) is 30.4 Å². The Hall–Kier alpha value is -3.91. The van der Waals surface area contributed by atoms with Crippen LogP contribution in [-0.4, -0.2) is 104 Å². The van der Waals surface area contributed by atoms with Crippen LogP contribution in [0.1, 0.15) is 37.3 Å². The number of hydrogen-bond donors (Lipinski definition) is 3. The van der Waals surface area contributed by atoms with Gasteiger partial charge in [0, 0.05) is 70.6 Å². The van der Waals surface area contributed by atoms with Crippen LogP contribution in [0.2, 0.25) is 0 Å². The number of fused-ring (bicyclic) bond motifs is 2. The predicted molar refractivity (Wildman–Crippen MR) is 148 cm³/mol. The molecule has 1 amide bonds. The first-order valence-electron chi connectivity index (χ1n) is 14.0. The first-order chi connectivity index (χ1) is 19.6. The van der Waals surface area contributed by atoms with E-state index in [0.717, 1.165) is 44.2 Å². The van der Waals surface area contributed by atoms with Gasteiger partial charge in [0.2, 0.25) is 23.8 Å². The third-order valence-electron chi connectivity index (χ3n) is 8.24. The molecule has 2 unspecified atom stereocenters. The van der Waals surface area contributed by atoms with Crippen LogP contribution in [0.4, 0.5) is 29.5 Å². The minimum absolute atomic E-state index is 0.148. The van der Waals surface area contributed by atoms with Crippen molar-refractivity contribution in [3.8, 4) is 0 Å². The van der Waals surface area contributed by atoms with Gasteiger partial charge in [-0.2, -0.15) is 20.1 Å². The van der Waals surface area contributed by atoms with Gasteiger partial charge in [0.25, 0.3) is 0 Å². The maximum atomic E-state index is 13.4. The number of H-pyrrole nitrogens is 1. The smallest absolute Gasteiger partial charge is 0.248 e. The van der Waals surface area contributed by atoms with E-state index >= 15 is 0 Å². The first-order valence-corrected chi connectivity index (χ1v) is 14.0. The van der Waals surface area contributed by atoms with Gasteiger partial charge in [-0.05, 0) is 31.7 Å². The lowest BCUT2D eigenvalue weighted by Crippen LogP contribution is -2.41. The Morgan fingerprint density at radius 3 is 2.77 bits per heavy atom. The Morgan fingerprint density at radius 1 is 1.05 bits per heavy atom. The third-order valence-corrected chi connectivity index (χ3v) is 8.24. The fourth-order valence-corrected chi connectivity index (χ4v) is 5.91. The van der Waals surface area contributed by atoms with Gasteiger partial charge in [0.15, 0.2) is 5.82 Å². The zero-order valence-corrected chi connectivity index (χ0v) is 22.5. The maximum Gasteiger partial charge on any atom is 0.248 e. The molecule has 14 nitrogen and oxygen atoms in total. The number of anilines is 5. The number of ether oxygens (including phenoxy) is 1. The van der Waals surface area contributed by atoms with Gasteiger partial charge in [-0.1, -0.05) is 0 Å². The molecule has 3 N–H and O–H groups in total. The van der Waals surface area contributed by atoms with Crippen LogP contribution >= 0.6 is 0 Å². The van der Waals surface area contributed by atoms with Crippen molar-refractivity contribution in [1.82, 2.24) is 40.0 Å². The molecule has 3 aromatic rings. The van der Waals surface area contributed by atoms with E-state index in [0.29, 0.717) is 48.5 Å². The molecule has 4 aliphatic rings. The zero-order chi connectivity index (χ0) is 27.1. The average Bonchev–Trinajstić information content (AvgIpc) is 3.37. The summed E-state index contributed by atoms with van der Waals surface area (Å²) in [5.41, 5.74) is 1.05. The summed E-state index contributed by atoms with van der Waals surface area (Å²) in [6, 6.07) is 1.47. The minimum atomic E-state index is -0.546. The lowest BCUT2D eigenvalue weighted by Gasteiger charge is -2.28. The quantitative estimate of drug-likeness (QED) is 0.374. The minimum Gasteiger partial charge on any atom is -0.380 e. The molecule has 6 heterocycles. The number of nitrogens with zero attached hydrogens (tertiary/aromatic N) is 9. The van der Waals surface area contributed by atoms with E-state index in [2.05, 4.69) is 40.6 Å². The fourth-order valence-electron chi connectivity index (χ4n) is 5.91. The Kier molecular flexibility index (Phi) is 6.63. The second kappa shape index (κ2) is 10.6. The average molecular weight is 547 g/mol. The second-order valence-electron chi connectivity index (χ2n) is 11.1. The standard InChI is InChI=1S/C26H34N12O2/c1-40-18-10-20(23(39)29-22-12-27-5-6-28-22)38(15-18)26-32-24(30-21-11-19(34-35-21)17-2-3-17)31-25(33-26)37-9-8-36-7-4-16(13-36)14-37/h5-6,11-12,16-18,20H,2-4,7-10,13-15H2,1H3,(H,28,29,39)(H2,30,31,32,33,34,35)/t16?,18-,20-/m0/s1. The molecule has 4 atom stereocenters. The summed E-state index contributed by atoms with van der Waals surface area (Å²) in [5, 5.41) is 13.7. The summed E-state index contributed by atoms with van der Waals surface area (Å²) in [4.78, 5) is 42.9. The molecular formula is C26H34N12O2. The number of aromatic amines is 1. The van der Waals surface area contributed by atoms with Crippen LogP contribution in [0, 0.1) is 5.92 Å². The lowest BCUT2D eigenvalue weighted by atomic mass is 10.1. The Labute approximate surface area is 232 Å². The van der Waals surface area contributed by atoms with Gasteiger partial charge in [0.05, 0.1) is 18.0 Å². The van der Waals surface area contributed by atoms with E-state index in [1.165, 1.54) is 25.5 Å². The number of amides is 1. The topological polar surface area (TPSA) is 153 Å². The molecule has 3 aliphatic heterocycles. The van der Waals surface area contributed by atoms with Crippen LogP contribution in [0.3, 0.4) is 0 Å². The van der Waals surface area contributed by atoms with E-state index in [1.54, 1.807) is 19.5 Å². The molecule has 210 valence electrons. The van der Waals surface area contributed by atoms with Crippen molar-refractivity contribution in [2.75, 3.05) is 66.8 Å². The molecule has 0 spiro atoms. The van der Waals surface area contributed by atoms with E-state index in [4.69, 9.17) is 19.7 Å². The van der Waals surface area contributed by atoms with Crippen molar-refractivity contribution < 1.29 is 9.53 Å². The van der Waals surface area contributed by atoms with E-state index in [1.807, 2.05) is 11.0 Å².